The van der Waals surface area contributed by atoms with Crippen LogP contribution in [0.1, 0.15) is 43.6 Å². The van der Waals surface area contributed by atoms with Crippen LogP contribution >= 0.6 is 0 Å². The van der Waals surface area contributed by atoms with Gasteiger partial charge in [0, 0.05) is 19.4 Å². The number of benzene rings is 1. The van der Waals surface area contributed by atoms with Gasteiger partial charge in [-0.15, -0.1) is 0 Å². The smallest absolute Gasteiger partial charge is 0.250 e. The lowest BCUT2D eigenvalue weighted by Gasteiger charge is -2.26. The van der Waals surface area contributed by atoms with E-state index in [-0.39, 0.29) is 24.1 Å². The molecule has 3 rings (SSSR count). The third-order valence-corrected chi connectivity index (χ3v) is 6.41. The fourth-order valence-corrected chi connectivity index (χ4v) is 4.72. The number of hydrogen-bond acceptors (Lipinski definition) is 5. The summed E-state index contributed by atoms with van der Waals surface area (Å²) in [5.74, 6) is 1.72. The molecule has 2 aliphatic carbocycles. The quantitative estimate of drug-likeness (QED) is 0.396. The Morgan fingerprint density at radius 3 is 2.89 bits per heavy atom. The van der Waals surface area contributed by atoms with Crippen LogP contribution < -0.4 is 9.62 Å². The van der Waals surface area contributed by atoms with Gasteiger partial charge in [-0.25, -0.2) is 0 Å². The van der Waals surface area contributed by atoms with Crippen LogP contribution in [0.4, 0.5) is 11.4 Å². The van der Waals surface area contributed by atoms with Crippen molar-refractivity contribution in [2.24, 2.45) is 11.8 Å². The molecule has 0 saturated carbocycles. The molecule has 3 unspecified atom stereocenters. The number of thiol groups is 1. The molecule has 1 aromatic rings. The van der Waals surface area contributed by atoms with Crippen LogP contribution in [-0.2, 0) is 17.0 Å². The van der Waals surface area contributed by atoms with Gasteiger partial charge in [0.2, 0.25) is 12.2 Å². The normalized spacial score (nSPS) is 24.2. The van der Waals surface area contributed by atoms with Crippen molar-refractivity contribution in [2.45, 2.75) is 38.0 Å². The van der Waals surface area contributed by atoms with E-state index in [1.165, 1.54) is 0 Å². The number of methoxy groups -OCH3 is 1. The Balaban J connectivity index is 1.79. The summed E-state index contributed by atoms with van der Waals surface area (Å²) in [7, 11) is 3.63. The van der Waals surface area contributed by atoms with Crippen molar-refractivity contribution in [2.75, 3.05) is 30.3 Å². The van der Waals surface area contributed by atoms with Crippen LogP contribution in [0.2, 0.25) is 0 Å². The molecule has 5 nitrogen and oxygen atoms in total. The number of hydrogen-bond donors (Lipinski definition) is 2. The first-order valence-corrected chi connectivity index (χ1v) is 10.7. The molecule has 0 spiro atoms. The molecule has 0 aromatic heterocycles. The highest BCUT2D eigenvalue weighted by atomic mass is 32.2. The summed E-state index contributed by atoms with van der Waals surface area (Å²) in [6, 6.07) is 8.76. The minimum Gasteiger partial charge on any atom is -0.501 e. The predicted octanol–water partition coefficient (Wildman–Crippen LogP) is 4.64. The highest BCUT2D eigenvalue weighted by molar-refractivity contribution is 7.74. The maximum atomic E-state index is 10.0. The predicted molar refractivity (Wildman–Crippen MR) is 117 cm³/mol. The number of nitrogens with zero attached hydrogens (tertiary/aromatic N) is 2. The first-order chi connectivity index (χ1) is 13.7. The minimum atomic E-state index is 0.0247. The molecule has 0 bridgehead atoms. The number of nitriles is 1. The Kier molecular flexibility index (Phi) is 7.30. The van der Waals surface area contributed by atoms with Gasteiger partial charge in [0.1, 0.15) is 5.69 Å². The molecule has 0 aliphatic heterocycles. The van der Waals surface area contributed by atoms with E-state index in [1.807, 2.05) is 11.4 Å². The van der Waals surface area contributed by atoms with Gasteiger partial charge >= 0.3 is 0 Å². The summed E-state index contributed by atoms with van der Waals surface area (Å²) in [5.41, 5.74) is 3.12. The van der Waals surface area contributed by atoms with E-state index in [0.717, 1.165) is 61.3 Å². The van der Waals surface area contributed by atoms with Gasteiger partial charge in [-0.2, -0.15) is 14.1 Å². The van der Waals surface area contributed by atoms with Gasteiger partial charge in [-0.3, -0.25) is 0 Å². The molecule has 2 aliphatic rings. The van der Waals surface area contributed by atoms with Gasteiger partial charge in [-0.05, 0) is 55.4 Å². The van der Waals surface area contributed by atoms with Crippen LogP contribution in [0.15, 0.2) is 42.2 Å². The maximum Gasteiger partial charge on any atom is 0.250 e. The van der Waals surface area contributed by atoms with E-state index >= 15 is 0 Å². The average Bonchev–Trinajstić information content (AvgIpc) is 2.77. The second kappa shape index (κ2) is 9.90. The zero-order valence-electron chi connectivity index (χ0n) is 16.6. The zero-order chi connectivity index (χ0) is 19.9. The van der Waals surface area contributed by atoms with Crippen molar-refractivity contribution < 1.29 is 9.29 Å². The van der Waals surface area contributed by atoms with Crippen LogP contribution in [0, 0.1) is 23.2 Å². The Labute approximate surface area is 172 Å². The monoisotopic (exact) mass is 400 g/mol. The van der Waals surface area contributed by atoms with E-state index in [1.54, 1.807) is 7.11 Å². The molecule has 0 radical (unpaired) electrons. The van der Waals surface area contributed by atoms with Gasteiger partial charge < -0.3 is 10.1 Å². The number of anilines is 2. The topological polar surface area (TPSA) is 68.5 Å². The standard InChI is InChI=1S/C22H29N3O2S/c1-24-21-13-17(20-6-4-3-5-18(20)14-23)9-12-22(21)25(28-26)15-16-7-10-19(27-2)11-8-16/h4,6,9-10,12-13,16,18,20,24,26H,3,5,7-8,11,15H2,1-2H3/p+1. The number of ether oxygens (including phenoxy) is 1. The molecule has 28 heavy (non-hydrogen) atoms. The highest BCUT2D eigenvalue weighted by Gasteiger charge is 2.27. The molecule has 6 heteroatoms. The number of allylic oxidation sites excluding steroid dienone is 4. The fraction of sp³-hybridized carbons (Fsp3) is 0.500. The Hall–Kier alpha value is -2.10. The molecular weight excluding hydrogens is 370 g/mol. The molecule has 150 valence electrons. The summed E-state index contributed by atoms with van der Waals surface area (Å²) in [6.45, 7) is 0.795. The van der Waals surface area contributed by atoms with Crippen molar-refractivity contribution in [3.05, 3.63) is 47.7 Å². The lowest BCUT2D eigenvalue weighted by molar-refractivity contribution is 0.254. The highest BCUT2D eigenvalue weighted by Crippen LogP contribution is 2.37. The molecule has 1 aromatic carbocycles. The second-order valence-corrected chi connectivity index (χ2v) is 8.14. The van der Waals surface area contributed by atoms with Crippen LogP contribution in [-0.4, -0.2) is 25.3 Å². The summed E-state index contributed by atoms with van der Waals surface area (Å²) >= 11 is 0.246. The van der Waals surface area contributed by atoms with Crippen molar-refractivity contribution in [3.63, 3.8) is 0 Å². The summed E-state index contributed by atoms with van der Waals surface area (Å²) in [5, 5.41) is 12.8. The van der Waals surface area contributed by atoms with Gasteiger partial charge in [0.05, 0.1) is 37.1 Å². The van der Waals surface area contributed by atoms with Crippen LogP contribution in [0.5, 0.6) is 0 Å². The first kappa shape index (κ1) is 20.6. The van der Waals surface area contributed by atoms with E-state index in [9.17, 15) is 9.81 Å². The number of rotatable bonds is 7. The SMILES string of the molecule is CNc1cc(C2C=CCCC2C#N)ccc1N(CC1CC=C(OC)CC1)[SH+]O. The third-order valence-electron chi connectivity index (χ3n) is 5.82. The van der Waals surface area contributed by atoms with Crippen molar-refractivity contribution in [1.82, 2.24) is 0 Å². The lowest BCUT2D eigenvalue weighted by Crippen LogP contribution is -2.29. The maximum absolute atomic E-state index is 10.0. The molecule has 0 heterocycles. The Morgan fingerprint density at radius 2 is 2.25 bits per heavy atom. The Bertz CT molecular complexity index is 772. The van der Waals surface area contributed by atoms with Gasteiger partial charge in [0.15, 0.2) is 0 Å². The van der Waals surface area contributed by atoms with Crippen LogP contribution in [0.3, 0.4) is 0 Å². The van der Waals surface area contributed by atoms with Crippen LogP contribution in [0.25, 0.3) is 0 Å². The van der Waals surface area contributed by atoms with Crippen molar-refractivity contribution in [1.29, 1.82) is 5.26 Å². The molecule has 2 N–H and O–H groups in total. The molecule has 3 atom stereocenters. The van der Waals surface area contributed by atoms with E-state index in [2.05, 4.69) is 47.8 Å². The van der Waals surface area contributed by atoms with Crippen molar-refractivity contribution in [3.8, 4) is 6.07 Å². The largest absolute Gasteiger partial charge is 0.501 e. The third kappa shape index (κ3) is 4.65. The molecular formula is C22H30N3O2S+. The van der Waals surface area contributed by atoms with E-state index < -0.39 is 0 Å². The van der Waals surface area contributed by atoms with Gasteiger partial charge in [-0.1, -0.05) is 18.2 Å². The molecule has 0 fully saturated rings. The molecule has 0 amide bonds. The molecule has 0 saturated heterocycles. The summed E-state index contributed by atoms with van der Waals surface area (Å²) < 4.78 is 17.3. The van der Waals surface area contributed by atoms with E-state index in [4.69, 9.17) is 4.74 Å². The summed E-state index contributed by atoms with van der Waals surface area (Å²) in [6.07, 6.45) is 11.4. The zero-order valence-corrected chi connectivity index (χ0v) is 17.5. The first-order valence-electron chi connectivity index (χ1n) is 9.93. The lowest BCUT2D eigenvalue weighted by atomic mass is 9.80. The van der Waals surface area contributed by atoms with Crippen molar-refractivity contribution >= 4 is 23.6 Å². The second-order valence-electron chi connectivity index (χ2n) is 7.48. The van der Waals surface area contributed by atoms with Gasteiger partial charge in [0.25, 0.3) is 0 Å². The average molecular weight is 401 g/mol. The number of nitrogens with one attached hydrogen (secondary N) is 1. The minimum absolute atomic E-state index is 0.0247. The van der Waals surface area contributed by atoms with E-state index in [0.29, 0.717) is 5.92 Å². The Morgan fingerprint density at radius 1 is 1.39 bits per heavy atom. The summed E-state index contributed by atoms with van der Waals surface area (Å²) in [4.78, 5) is 0. The fourth-order valence-electron chi connectivity index (χ4n) is 4.15.